The molecule has 0 saturated carbocycles. The van der Waals surface area contributed by atoms with Gasteiger partial charge in [0, 0.05) is 26.4 Å². The fraction of sp³-hybridized carbons (Fsp3) is 0.375. The van der Waals surface area contributed by atoms with Crippen LogP contribution in [0.3, 0.4) is 0 Å². The van der Waals surface area contributed by atoms with E-state index in [4.69, 9.17) is 10.00 Å². The lowest BCUT2D eigenvalue weighted by Crippen LogP contribution is -2.22. The van der Waals surface area contributed by atoms with E-state index in [0.29, 0.717) is 12.3 Å². The highest BCUT2D eigenvalue weighted by atomic mass is 28.3. The molecule has 4 nitrogen and oxygen atoms in total. The highest BCUT2D eigenvalue weighted by molar-refractivity contribution is 6.76. The number of aromatic nitrogens is 2. The Bertz CT molecular complexity index is 637. The minimum absolute atomic E-state index is 0.475. The first-order valence-electron chi connectivity index (χ1n) is 7.09. The van der Waals surface area contributed by atoms with Gasteiger partial charge < -0.3 is 4.74 Å². The van der Waals surface area contributed by atoms with Gasteiger partial charge in [0.05, 0.1) is 17.8 Å². The topological polar surface area (TPSA) is 50.8 Å². The second-order valence-electron chi connectivity index (χ2n) is 6.31. The van der Waals surface area contributed by atoms with Gasteiger partial charge in [-0.25, -0.2) is 4.68 Å². The van der Waals surface area contributed by atoms with Gasteiger partial charge in [0.1, 0.15) is 6.73 Å². The van der Waals surface area contributed by atoms with Crippen LogP contribution in [0, 0.1) is 11.3 Å². The molecule has 0 atom stereocenters. The Morgan fingerprint density at radius 3 is 2.81 bits per heavy atom. The first kappa shape index (κ1) is 15.5. The molecule has 0 bridgehead atoms. The summed E-state index contributed by atoms with van der Waals surface area (Å²) >= 11 is 0. The zero-order valence-electron chi connectivity index (χ0n) is 12.8. The van der Waals surface area contributed by atoms with E-state index >= 15 is 0 Å². The van der Waals surface area contributed by atoms with E-state index in [1.54, 1.807) is 16.9 Å². The zero-order chi connectivity index (χ0) is 15.3. The normalized spacial score (nSPS) is 11.3. The number of nitriles is 1. The molecule has 1 aromatic carbocycles. The summed E-state index contributed by atoms with van der Waals surface area (Å²) in [4.78, 5) is 0. The SMILES string of the molecule is C[Si](C)(C)CCOCn1cc(-c2cccc(C#N)c2)cn1. The molecule has 1 heterocycles. The highest BCUT2D eigenvalue weighted by Crippen LogP contribution is 2.19. The number of hydrogen-bond donors (Lipinski definition) is 0. The predicted octanol–water partition coefficient (Wildman–Crippen LogP) is 3.73. The minimum atomic E-state index is -1.04. The average Bonchev–Trinajstić information content (AvgIpc) is 2.91. The monoisotopic (exact) mass is 299 g/mol. The third-order valence-electron chi connectivity index (χ3n) is 3.18. The van der Waals surface area contributed by atoms with Crippen LogP contribution in [0.15, 0.2) is 36.7 Å². The number of benzene rings is 1. The van der Waals surface area contributed by atoms with Gasteiger partial charge in [0.25, 0.3) is 0 Å². The van der Waals surface area contributed by atoms with Crippen molar-refractivity contribution in [3.05, 3.63) is 42.2 Å². The van der Waals surface area contributed by atoms with Gasteiger partial charge in [-0.3, -0.25) is 0 Å². The summed E-state index contributed by atoms with van der Waals surface area (Å²) < 4.78 is 7.46. The standard InChI is InChI=1S/C16H21N3OSi/c1-21(2,3)8-7-20-13-19-12-16(11-18-19)15-6-4-5-14(9-15)10-17/h4-6,9,11-12H,7-8,13H2,1-3H3. The van der Waals surface area contributed by atoms with Gasteiger partial charge in [-0.2, -0.15) is 10.4 Å². The van der Waals surface area contributed by atoms with Crippen LogP contribution in [0.4, 0.5) is 0 Å². The molecule has 0 aliphatic heterocycles. The van der Waals surface area contributed by atoms with Crippen LogP contribution in [0.1, 0.15) is 5.56 Å². The fourth-order valence-electron chi connectivity index (χ4n) is 1.89. The van der Waals surface area contributed by atoms with Gasteiger partial charge in [-0.15, -0.1) is 0 Å². The second kappa shape index (κ2) is 6.70. The summed E-state index contributed by atoms with van der Waals surface area (Å²) in [6, 6.07) is 10.8. The number of nitrogens with zero attached hydrogens (tertiary/aromatic N) is 3. The molecule has 0 aliphatic carbocycles. The van der Waals surface area contributed by atoms with Crippen LogP contribution in [-0.4, -0.2) is 24.5 Å². The molecule has 110 valence electrons. The van der Waals surface area contributed by atoms with E-state index < -0.39 is 8.07 Å². The van der Waals surface area contributed by atoms with Crippen molar-refractivity contribution in [2.24, 2.45) is 0 Å². The van der Waals surface area contributed by atoms with Crippen molar-refractivity contribution in [1.82, 2.24) is 9.78 Å². The molecule has 2 aromatic rings. The molecule has 0 spiro atoms. The Kier molecular flexibility index (Phi) is 4.94. The lowest BCUT2D eigenvalue weighted by Gasteiger charge is -2.15. The molecule has 0 amide bonds. The van der Waals surface area contributed by atoms with Crippen molar-refractivity contribution >= 4 is 8.07 Å². The molecule has 21 heavy (non-hydrogen) atoms. The van der Waals surface area contributed by atoms with Crippen LogP contribution in [0.2, 0.25) is 25.7 Å². The summed E-state index contributed by atoms with van der Waals surface area (Å²) in [5.41, 5.74) is 2.66. The maximum atomic E-state index is 8.94. The molecule has 2 rings (SSSR count). The Morgan fingerprint density at radius 2 is 2.10 bits per heavy atom. The van der Waals surface area contributed by atoms with Crippen molar-refractivity contribution in [2.75, 3.05) is 6.61 Å². The highest BCUT2D eigenvalue weighted by Gasteiger charge is 2.12. The van der Waals surface area contributed by atoms with E-state index in [-0.39, 0.29) is 0 Å². The fourth-order valence-corrected chi connectivity index (χ4v) is 2.64. The molecule has 0 radical (unpaired) electrons. The Morgan fingerprint density at radius 1 is 1.29 bits per heavy atom. The molecule has 0 aliphatic rings. The van der Waals surface area contributed by atoms with Crippen LogP contribution in [-0.2, 0) is 11.5 Å². The van der Waals surface area contributed by atoms with Crippen LogP contribution in [0.5, 0.6) is 0 Å². The zero-order valence-corrected chi connectivity index (χ0v) is 13.8. The quantitative estimate of drug-likeness (QED) is 0.603. The molecule has 0 N–H and O–H groups in total. The summed E-state index contributed by atoms with van der Waals surface area (Å²) in [6.45, 7) is 8.27. The van der Waals surface area contributed by atoms with Crippen molar-refractivity contribution in [3.63, 3.8) is 0 Å². The predicted molar refractivity (Wildman–Crippen MR) is 86.5 cm³/mol. The summed E-state index contributed by atoms with van der Waals surface area (Å²) in [5.74, 6) is 0. The second-order valence-corrected chi connectivity index (χ2v) is 11.9. The van der Waals surface area contributed by atoms with Gasteiger partial charge in [-0.05, 0) is 23.7 Å². The summed E-state index contributed by atoms with van der Waals surface area (Å²) in [7, 11) is -1.04. The Hall–Kier alpha value is -1.90. The molecule has 0 unspecified atom stereocenters. The molecular weight excluding hydrogens is 278 g/mol. The lowest BCUT2D eigenvalue weighted by molar-refractivity contribution is 0.0786. The molecule has 5 heteroatoms. The lowest BCUT2D eigenvalue weighted by atomic mass is 10.1. The van der Waals surface area contributed by atoms with E-state index in [1.165, 1.54) is 0 Å². The van der Waals surface area contributed by atoms with E-state index in [0.717, 1.165) is 23.8 Å². The number of ether oxygens (including phenoxy) is 1. The van der Waals surface area contributed by atoms with Crippen molar-refractivity contribution in [2.45, 2.75) is 32.4 Å². The molecule has 0 saturated heterocycles. The van der Waals surface area contributed by atoms with Crippen LogP contribution < -0.4 is 0 Å². The van der Waals surface area contributed by atoms with Crippen LogP contribution >= 0.6 is 0 Å². The van der Waals surface area contributed by atoms with E-state index in [9.17, 15) is 0 Å². The van der Waals surface area contributed by atoms with E-state index in [2.05, 4.69) is 30.8 Å². The van der Waals surface area contributed by atoms with Gasteiger partial charge in [-0.1, -0.05) is 31.8 Å². The third kappa shape index (κ3) is 4.85. The smallest absolute Gasteiger partial charge is 0.139 e. The molecule has 1 aromatic heterocycles. The van der Waals surface area contributed by atoms with Crippen molar-refractivity contribution in [1.29, 1.82) is 5.26 Å². The van der Waals surface area contributed by atoms with Crippen molar-refractivity contribution < 1.29 is 4.74 Å². The first-order valence-corrected chi connectivity index (χ1v) is 10.8. The third-order valence-corrected chi connectivity index (χ3v) is 4.88. The maximum Gasteiger partial charge on any atom is 0.139 e. The van der Waals surface area contributed by atoms with Crippen molar-refractivity contribution in [3.8, 4) is 17.2 Å². The maximum absolute atomic E-state index is 8.94. The molecular formula is C16H21N3OSi. The summed E-state index contributed by atoms with van der Waals surface area (Å²) in [6.07, 6.45) is 3.75. The Balaban J connectivity index is 1.94. The largest absolute Gasteiger partial charge is 0.360 e. The van der Waals surface area contributed by atoms with Gasteiger partial charge in [0.2, 0.25) is 0 Å². The van der Waals surface area contributed by atoms with Gasteiger partial charge in [0.15, 0.2) is 0 Å². The first-order chi connectivity index (χ1) is 9.98. The summed E-state index contributed by atoms with van der Waals surface area (Å²) in [5, 5.41) is 13.2. The molecule has 0 fully saturated rings. The number of hydrogen-bond acceptors (Lipinski definition) is 3. The Labute approximate surface area is 127 Å². The average molecular weight is 299 g/mol. The van der Waals surface area contributed by atoms with Crippen LogP contribution in [0.25, 0.3) is 11.1 Å². The minimum Gasteiger partial charge on any atom is -0.360 e. The van der Waals surface area contributed by atoms with E-state index in [1.807, 2.05) is 24.4 Å². The number of rotatable bonds is 6. The van der Waals surface area contributed by atoms with Gasteiger partial charge >= 0.3 is 0 Å².